The van der Waals surface area contributed by atoms with E-state index in [1.807, 2.05) is 12.1 Å². The average molecular weight is 462 g/mol. The molecule has 0 fully saturated rings. The van der Waals surface area contributed by atoms with Crippen molar-refractivity contribution in [3.8, 4) is 5.75 Å². The van der Waals surface area contributed by atoms with E-state index < -0.39 is 10.0 Å². The standard InChI is InChI=1S/C23H31N3O5S/c1-23(2,3)17-9-7-16(8-10-17)22(28)24-14-13-21(27)25-18-11-12-19(31-6)20(15-18)32(29,30)26(4)5/h7-12,15H,13-14H2,1-6H3,(H,24,28)(H,25,27). The lowest BCUT2D eigenvalue weighted by Gasteiger charge is -2.19. The summed E-state index contributed by atoms with van der Waals surface area (Å²) >= 11 is 0. The van der Waals surface area contributed by atoms with Gasteiger partial charge < -0.3 is 15.4 Å². The lowest BCUT2D eigenvalue weighted by atomic mass is 9.87. The van der Waals surface area contributed by atoms with Crippen LogP contribution >= 0.6 is 0 Å². The summed E-state index contributed by atoms with van der Waals surface area (Å²) in [5.41, 5.74) is 1.97. The predicted octanol–water partition coefficient (Wildman–Crippen LogP) is 3.00. The van der Waals surface area contributed by atoms with Crippen LogP contribution in [0.1, 0.15) is 43.1 Å². The number of nitrogens with one attached hydrogen (secondary N) is 2. The van der Waals surface area contributed by atoms with Gasteiger partial charge in [-0.2, -0.15) is 0 Å². The Bertz CT molecular complexity index is 1070. The molecule has 0 saturated heterocycles. The molecule has 8 nitrogen and oxygen atoms in total. The Morgan fingerprint density at radius 3 is 2.19 bits per heavy atom. The molecular weight excluding hydrogens is 430 g/mol. The number of ether oxygens (including phenoxy) is 1. The lowest BCUT2D eigenvalue weighted by molar-refractivity contribution is -0.116. The Balaban J connectivity index is 1.96. The zero-order valence-electron chi connectivity index (χ0n) is 19.4. The number of rotatable bonds is 8. The third-order valence-electron chi connectivity index (χ3n) is 4.86. The molecule has 0 spiro atoms. The van der Waals surface area contributed by atoms with E-state index in [4.69, 9.17) is 4.74 Å². The minimum absolute atomic E-state index is 0.000290. The van der Waals surface area contributed by atoms with Crippen LogP contribution in [0, 0.1) is 0 Å². The van der Waals surface area contributed by atoms with Crippen LogP contribution in [-0.2, 0) is 20.2 Å². The summed E-state index contributed by atoms with van der Waals surface area (Å²) in [6.45, 7) is 6.44. The summed E-state index contributed by atoms with van der Waals surface area (Å²) in [6, 6.07) is 11.8. The van der Waals surface area contributed by atoms with E-state index in [-0.39, 0.29) is 40.8 Å². The van der Waals surface area contributed by atoms with Crippen LogP contribution in [0.5, 0.6) is 5.75 Å². The second-order valence-electron chi connectivity index (χ2n) is 8.53. The van der Waals surface area contributed by atoms with Crippen LogP contribution in [0.4, 0.5) is 5.69 Å². The molecule has 2 N–H and O–H groups in total. The number of nitrogens with zero attached hydrogens (tertiary/aromatic N) is 1. The summed E-state index contributed by atoms with van der Waals surface area (Å²) in [5, 5.41) is 5.37. The molecule has 0 aromatic heterocycles. The van der Waals surface area contributed by atoms with Gasteiger partial charge in [0.1, 0.15) is 10.6 Å². The zero-order chi connectivity index (χ0) is 24.1. The van der Waals surface area contributed by atoms with Crippen LogP contribution < -0.4 is 15.4 Å². The van der Waals surface area contributed by atoms with E-state index in [0.717, 1.165) is 9.87 Å². The van der Waals surface area contributed by atoms with Crippen molar-refractivity contribution < 1.29 is 22.7 Å². The maximum absolute atomic E-state index is 12.5. The van der Waals surface area contributed by atoms with Crippen LogP contribution in [0.25, 0.3) is 0 Å². The quantitative estimate of drug-likeness (QED) is 0.629. The molecule has 0 bridgehead atoms. The zero-order valence-corrected chi connectivity index (χ0v) is 20.2. The van der Waals surface area contributed by atoms with E-state index >= 15 is 0 Å². The largest absolute Gasteiger partial charge is 0.495 e. The highest BCUT2D eigenvalue weighted by Gasteiger charge is 2.23. The highest BCUT2D eigenvalue weighted by Crippen LogP contribution is 2.29. The van der Waals surface area contributed by atoms with Gasteiger partial charge in [0.05, 0.1) is 7.11 Å². The smallest absolute Gasteiger partial charge is 0.251 e. The fraction of sp³-hybridized carbons (Fsp3) is 0.391. The number of benzene rings is 2. The van der Waals surface area contributed by atoms with Crippen LogP contribution in [0.15, 0.2) is 47.4 Å². The summed E-state index contributed by atoms with van der Waals surface area (Å²) in [6.07, 6.45) is 0.0353. The topological polar surface area (TPSA) is 105 Å². The molecule has 32 heavy (non-hydrogen) atoms. The molecule has 0 aliphatic rings. The maximum Gasteiger partial charge on any atom is 0.251 e. The third-order valence-corrected chi connectivity index (χ3v) is 6.69. The van der Waals surface area contributed by atoms with E-state index in [1.165, 1.54) is 33.3 Å². The molecular formula is C23H31N3O5S. The number of hydrogen-bond acceptors (Lipinski definition) is 5. The molecule has 0 radical (unpaired) electrons. The Morgan fingerprint density at radius 2 is 1.66 bits per heavy atom. The van der Waals surface area contributed by atoms with Gasteiger partial charge in [0.25, 0.3) is 5.91 Å². The highest BCUT2D eigenvalue weighted by molar-refractivity contribution is 7.89. The predicted molar refractivity (Wildman–Crippen MR) is 125 cm³/mol. The first-order valence-electron chi connectivity index (χ1n) is 10.2. The number of sulfonamides is 1. The van der Waals surface area contributed by atoms with Gasteiger partial charge in [0, 0.05) is 38.3 Å². The van der Waals surface area contributed by atoms with Crippen molar-refractivity contribution in [3.63, 3.8) is 0 Å². The van der Waals surface area contributed by atoms with Crippen molar-refractivity contribution in [2.24, 2.45) is 0 Å². The Kier molecular flexibility index (Phi) is 8.03. The number of amides is 2. The van der Waals surface area contributed by atoms with E-state index in [2.05, 4.69) is 31.4 Å². The Labute approximate surface area is 190 Å². The molecule has 2 aromatic rings. The molecule has 9 heteroatoms. The molecule has 0 saturated carbocycles. The number of methoxy groups -OCH3 is 1. The second kappa shape index (κ2) is 10.1. The molecule has 0 heterocycles. The summed E-state index contributed by atoms with van der Waals surface area (Å²) in [7, 11) is 0.459. The summed E-state index contributed by atoms with van der Waals surface area (Å²) < 4.78 is 31.2. The first-order valence-corrected chi connectivity index (χ1v) is 11.6. The monoisotopic (exact) mass is 461 g/mol. The minimum atomic E-state index is -3.75. The Morgan fingerprint density at radius 1 is 1.03 bits per heavy atom. The minimum Gasteiger partial charge on any atom is -0.495 e. The highest BCUT2D eigenvalue weighted by atomic mass is 32.2. The summed E-state index contributed by atoms with van der Waals surface area (Å²) in [4.78, 5) is 24.5. The fourth-order valence-electron chi connectivity index (χ4n) is 2.89. The van der Waals surface area contributed by atoms with Gasteiger partial charge in [-0.1, -0.05) is 32.9 Å². The molecule has 0 unspecified atom stereocenters. The molecule has 2 rings (SSSR count). The molecule has 0 aliphatic carbocycles. The van der Waals surface area contributed by atoms with Gasteiger partial charge in [-0.15, -0.1) is 0 Å². The van der Waals surface area contributed by atoms with Crippen molar-refractivity contribution in [2.75, 3.05) is 33.1 Å². The van der Waals surface area contributed by atoms with Crippen molar-refractivity contribution in [1.82, 2.24) is 9.62 Å². The van der Waals surface area contributed by atoms with E-state index in [9.17, 15) is 18.0 Å². The fourth-order valence-corrected chi connectivity index (χ4v) is 3.96. The molecule has 0 aliphatic heterocycles. The molecule has 2 aromatic carbocycles. The van der Waals surface area contributed by atoms with Gasteiger partial charge in [-0.25, -0.2) is 12.7 Å². The van der Waals surface area contributed by atoms with Gasteiger partial charge in [-0.3, -0.25) is 9.59 Å². The second-order valence-corrected chi connectivity index (χ2v) is 10.7. The molecule has 0 atom stereocenters. The van der Waals surface area contributed by atoms with Crippen molar-refractivity contribution >= 4 is 27.5 Å². The SMILES string of the molecule is COc1ccc(NC(=O)CCNC(=O)c2ccc(C(C)(C)C)cc2)cc1S(=O)(=O)N(C)C. The van der Waals surface area contributed by atoms with Crippen LogP contribution in [0.2, 0.25) is 0 Å². The number of carbonyl (C=O) groups excluding carboxylic acids is 2. The number of hydrogen-bond donors (Lipinski definition) is 2. The van der Waals surface area contributed by atoms with Gasteiger partial charge in [0.2, 0.25) is 15.9 Å². The van der Waals surface area contributed by atoms with Gasteiger partial charge >= 0.3 is 0 Å². The van der Waals surface area contributed by atoms with Crippen molar-refractivity contribution in [3.05, 3.63) is 53.6 Å². The van der Waals surface area contributed by atoms with Gasteiger partial charge in [0.15, 0.2) is 0 Å². The van der Waals surface area contributed by atoms with Gasteiger partial charge in [-0.05, 0) is 41.3 Å². The first kappa shape index (κ1) is 25.4. The van der Waals surface area contributed by atoms with E-state index in [1.54, 1.807) is 18.2 Å². The van der Waals surface area contributed by atoms with Crippen LogP contribution in [-0.4, -0.2) is 52.3 Å². The van der Waals surface area contributed by atoms with E-state index in [0.29, 0.717) is 11.3 Å². The molecule has 174 valence electrons. The van der Waals surface area contributed by atoms with Crippen molar-refractivity contribution in [2.45, 2.75) is 37.5 Å². The Hall–Kier alpha value is -2.91. The average Bonchev–Trinajstić information content (AvgIpc) is 2.73. The molecule has 2 amide bonds. The summed E-state index contributed by atoms with van der Waals surface area (Å²) in [5.74, 6) is -0.435. The van der Waals surface area contributed by atoms with Crippen molar-refractivity contribution in [1.29, 1.82) is 0 Å². The lowest BCUT2D eigenvalue weighted by Crippen LogP contribution is -2.28. The normalized spacial score (nSPS) is 11.8. The van der Waals surface area contributed by atoms with Crippen LogP contribution in [0.3, 0.4) is 0 Å². The third kappa shape index (κ3) is 6.30. The number of carbonyl (C=O) groups is 2. The first-order chi connectivity index (χ1) is 14.9. The number of anilines is 1. The maximum atomic E-state index is 12.5.